The van der Waals surface area contributed by atoms with E-state index >= 15 is 0 Å². The van der Waals surface area contributed by atoms with Gasteiger partial charge >= 0.3 is 0 Å². The number of ether oxygens (including phenoxy) is 1. The lowest BCUT2D eigenvalue weighted by atomic mass is 10.1. The second kappa shape index (κ2) is 9.74. The van der Waals surface area contributed by atoms with Crippen molar-refractivity contribution in [2.75, 3.05) is 25.9 Å². The third-order valence-electron chi connectivity index (χ3n) is 3.53. The molecule has 1 amide bonds. The maximum atomic E-state index is 12.1. The minimum absolute atomic E-state index is 0. The van der Waals surface area contributed by atoms with Gasteiger partial charge < -0.3 is 15.4 Å². The van der Waals surface area contributed by atoms with Crippen LogP contribution in [0.1, 0.15) is 12.0 Å². The van der Waals surface area contributed by atoms with E-state index in [1.807, 2.05) is 54.6 Å². The van der Waals surface area contributed by atoms with E-state index in [1.54, 1.807) is 11.9 Å². The molecule has 0 unspecified atom stereocenters. The van der Waals surface area contributed by atoms with E-state index in [9.17, 15) is 4.79 Å². The number of nitrogens with zero attached hydrogens (tertiary/aromatic N) is 1. The van der Waals surface area contributed by atoms with Gasteiger partial charge in [0.15, 0.2) is 0 Å². The number of halogens is 1. The molecule has 2 N–H and O–H groups in total. The molecule has 5 heteroatoms. The van der Waals surface area contributed by atoms with Crippen molar-refractivity contribution in [3.8, 4) is 5.75 Å². The van der Waals surface area contributed by atoms with Crippen LogP contribution in [0.15, 0.2) is 54.6 Å². The second-order valence-corrected chi connectivity index (χ2v) is 5.18. The van der Waals surface area contributed by atoms with Gasteiger partial charge in [-0.15, -0.1) is 12.4 Å². The van der Waals surface area contributed by atoms with Crippen molar-refractivity contribution in [1.82, 2.24) is 4.90 Å². The number of para-hydroxylation sites is 2. The molecule has 0 aromatic heterocycles. The number of nitrogen functional groups attached to an aromatic ring is 1. The molecule has 2 aromatic carbocycles. The highest BCUT2D eigenvalue weighted by Gasteiger charge is 2.09. The molecule has 0 aliphatic heterocycles. The third kappa shape index (κ3) is 6.20. The Balaban J connectivity index is 0.00000264. The van der Waals surface area contributed by atoms with Crippen molar-refractivity contribution in [2.24, 2.45) is 0 Å². The number of hydrogen-bond acceptors (Lipinski definition) is 3. The summed E-state index contributed by atoms with van der Waals surface area (Å²) in [6, 6.07) is 17.3. The molecule has 23 heavy (non-hydrogen) atoms. The molecular weight excluding hydrogens is 312 g/mol. The van der Waals surface area contributed by atoms with Crippen LogP contribution >= 0.6 is 12.4 Å². The van der Waals surface area contributed by atoms with Crippen molar-refractivity contribution >= 4 is 24.0 Å². The van der Waals surface area contributed by atoms with Crippen LogP contribution in [0.2, 0.25) is 0 Å². The Bertz CT molecular complexity index is 605. The quantitative estimate of drug-likeness (QED) is 0.791. The number of benzene rings is 2. The predicted molar refractivity (Wildman–Crippen MR) is 96.0 cm³/mol. The first kappa shape index (κ1) is 18.8. The first-order valence-electron chi connectivity index (χ1n) is 7.42. The maximum Gasteiger partial charge on any atom is 0.222 e. The summed E-state index contributed by atoms with van der Waals surface area (Å²) < 4.78 is 5.59. The minimum atomic E-state index is 0. The lowest BCUT2D eigenvalue weighted by Crippen LogP contribution is -2.31. The largest absolute Gasteiger partial charge is 0.492 e. The summed E-state index contributed by atoms with van der Waals surface area (Å²) in [4.78, 5) is 13.8. The van der Waals surface area contributed by atoms with E-state index < -0.39 is 0 Å². The average Bonchev–Trinajstić information content (AvgIpc) is 2.54. The number of nitrogens with two attached hydrogens (primary N) is 1. The highest BCUT2D eigenvalue weighted by Crippen LogP contribution is 2.13. The Morgan fingerprint density at radius 1 is 1.09 bits per heavy atom. The van der Waals surface area contributed by atoms with Crippen LogP contribution in [0.25, 0.3) is 0 Å². The Kier molecular flexibility index (Phi) is 7.98. The first-order valence-corrected chi connectivity index (χ1v) is 7.42. The minimum Gasteiger partial charge on any atom is -0.492 e. The van der Waals surface area contributed by atoms with Crippen molar-refractivity contribution in [2.45, 2.75) is 12.8 Å². The lowest BCUT2D eigenvalue weighted by molar-refractivity contribution is -0.130. The van der Waals surface area contributed by atoms with Crippen LogP contribution in [0.3, 0.4) is 0 Å². The van der Waals surface area contributed by atoms with Crippen LogP contribution in [0, 0.1) is 0 Å². The van der Waals surface area contributed by atoms with Gasteiger partial charge in [0.25, 0.3) is 0 Å². The van der Waals surface area contributed by atoms with Crippen LogP contribution in [0.4, 0.5) is 5.69 Å². The molecule has 124 valence electrons. The zero-order valence-electron chi connectivity index (χ0n) is 13.3. The van der Waals surface area contributed by atoms with Gasteiger partial charge in [-0.25, -0.2) is 0 Å². The fourth-order valence-corrected chi connectivity index (χ4v) is 2.14. The second-order valence-electron chi connectivity index (χ2n) is 5.18. The van der Waals surface area contributed by atoms with Crippen LogP contribution < -0.4 is 10.5 Å². The Hall–Kier alpha value is -2.20. The Morgan fingerprint density at radius 3 is 2.43 bits per heavy atom. The van der Waals surface area contributed by atoms with E-state index in [0.717, 1.165) is 17.0 Å². The Morgan fingerprint density at radius 2 is 1.74 bits per heavy atom. The van der Waals surface area contributed by atoms with E-state index in [2.05, 4.69) is 0 Å². The van der Waals surface area contributed by atoms with Crippen molar-refractivity contribution in [1.29, 1.82) is 0 Å². The van der Waals surface area contributed by atoms with E-state index in [-0.39, 0.29) is 18.3 Å². The lowest BCUT2D eigenvalue weighted by Gasteiger charge is -2.17. The van der Waals surface area contributed by atoms with Crippen LogP contribution in [-0.4, -0.2) is 31.0 Å². The van der Waals surface area contributed by atoms with E-state index in [1.165, 1.54) is 0 Å². The highest BCUT2D eigenvalue weighted by molar-refractivity contribution is 5.85. The molecule has 0 saturated heterocycles. The number of rotatable bonds is 7. The SMILES string of the molecule is CN(CCOc1ccccc1)C(=O)CCc1ccccc1N.Cl. The van der Waals surface area contributed by atoms with Gasteiger partial charge in [0.2, 0.25) is 5.91 Å². The van der Waals surface area contributed by atoms with Gasteiger partial charge in [-0.05, 0) is 30.2 Å². The topological polar surface area (TPSA) is 55.6 Å². The van der Waals surface area contributed by atoms with Crippen LogP contribution in [-0.2, 0) is 11.2 Å². The predicted octanol–water partition coefficient (Wildman–Crippen LogP) is 3.16. The van der Waals surface area contributed by atoms with Gasteiger partial charge in [-0.2, -0.15) is 0 Å². The number of carbonyl (C=O) groups excluding carboxylic acids is 1. The molecule has 0 aliphatic rings. The highest BCUT2D eigenvalue weighted by atomic mass is 35.5. The summed E-state index contributed by atoms with van der Waals surface area (Å²) in [5.41, 5.74) is 7.64. The molecule has 0 saturated carbocycles. The van der Waals surface area contributed by atoms with Crippen molar-refractivity contribution < 1.29 is 9.53 Å². The molecular formula is C18H23ClN2O2. The van der Waals surface area contributed by atoms with Gasteiger partial charge in [-0.1, -0.05) is 36.4 Å². The Labute approximate surface area is 143 Å². The molecule has 4 nitrogen and oxygen atoms in total. The molecule has 0 heterocycles. The van der Waals surface area contributed by atoms with Gasteiger partial charge in [0, 0.05) is 19.2 Å². The van der Waals surface area contributed by atoms with Gasteiger partial charge in [0.1, 0.15) is 12.4 Å². The fourth-order valence-electron chi connectivity index (χ4n) is 2.14. The summed E-state index contributed by atoms with van der Waals surface area (Å²) in [5.74, 6) is 0.917. The van der Waals surface area contributed by atoms with E-state index in [0.29, 0.717) is 26.0 Å². The molecule has 0 bridgehead atoms. The number of aryl methyl sites for hydroxylation is 1. The molecule has 0 aliphatic carbocycles. The summed E-state index contributed by atoms with van der Waals surface area (Å²) in [6.45, 7) is 1.05. The monoisotopic (exact) mass is 334 g/mol. The summed E-state index contributed by atoms with van der Waals surface area (Å²) in [5, 5.41) is 0. The first-order chi connectivity index (χ1) is 10.7. The summed E-state index contributed by atoms with van der Waals surface area (Å²) in [7, 11) is 1.80. The fraction of sp³-hybridized carbons (Fsp3) is 0.278. The number of carbonyl (C=O) groups is 1. The van der Waals surface area contributed by atoms with Gasteiger partial charge in [-0.3, -0.25) is 4.79 Å². The number of likely N-dealkylation sites (N-methyl/N-ethyl adjacent to an activating group) is 1. The average molecular weight is 335 g/mol. The maximum absolute atomic E-state index is 12.1. The summed E-state index contributed by atoms with van der Waals surface area (Å²) >= 11 is 0. The third-order valence-corrected chi connectivity index (χ3v) is 3.53. The molecule has 2 aromatic rings. The standard InChI is InChI=1S/C18H22N2O2.ClH/c1-20(13-14-22-16-8-3-2-4-9-16)18(21)12-11-15-7-5-6-10-17(15)19;/h2-10H,11-14,19H2,1H3;1H. The molecule has 0 spiro atoms. The van der Waals surface area contributed by atoms with Gasteiger partial charge in [0.05, 0.1) is 6.54 Å². The molecule has 0 radical (unpaired) electrons. The summed E-state index contributed by atoms with van der Waals surface area (Å²) in [6.07, 6.45) is 1.12. The zero-order valence-corrected chi connectivity index (χ0v) is 14.1. The number of hydrogen-bond donors (Lipinski definition) is 1. The number of amides is 1. The molecule has 2 rings (SSSR count). The van der Waals surface area contributed by atoms with Crippen molar-refractivity contribution in [3.05, 3.63) is 60.2 Å². The molecule has 0 fully saturated rings. The van der Waals surface area contributed by atoms with Crippen molar-refractivity contribution in [3.63, 3.8) is 0 Å². The zero-order chi connectivity index (χ0) is 15.8. The van der Waals surface area contributed by atoms with Crippen LogP contribution in [0.5, 0.6) is 5.75 Å². The molecule has 0 atom stereocenters. The smallest absolute Gasteiger partial charge is 0.222 e. The number of anilines is 1. The van der Waals surface area contributed by atoms with E-state index in [4.69, 9.17) is 10.5 Å². The normalized spacial score (nSPS) is 9.78.